The molecule has 1 aliphatic rings. The summed E-state index contributed by atoms with van der Waals surface area (Å²) < 4.78 is 11.7. The lowest BCUT2D eigenvalue weighted by Gasteiger charge is -2.11. The van der Waals surface area contributed by atoms with Crippen LogP contribution in [0.3, 0.4) is 0 Å². The van der Waals surface area contributed by atoms with E-state index in [-0.39, 0.29) is 11.8 Å². The Kier molecular flexibility index (Phi) is 5.63. The van der Waals surface area contributed by atoms with Gasteiger partial charge in [-0.2, -0.15) is 0 Å². The molecular weight excluding hydrogens is 382 g/mol. The lowest BCUT2D eigenvalue weighted by atomic mass is 10.1. The highest BCUT2D eigenvalue weighted by molar-refractivity contribution is 9.10. The molecule has 4 nitrogen and oxygen atoms in total. The van der Waals surface area contributed by atoms with Crippen molar-refractivity contribution in [2.75, 3.05) is 20.8 Å². The number of amides is 1. The molecule has 1 saturated carbocycles. The number of carbonyl (C=O) groups is 1. The molecule has 0 saturated heterocycles. The van der Waals surface area contributed by atoms with Crippen molar-refractivity contribution >= 4 is 21.8 Å². The van der Waals surface area contributed by atoms with Gasteiger partial charge in [-0.1, -0.05) is 34.1 Å². The maximum Gasteiger partial charge on any atom is 0.223 e. The number of carbonyl (C=O) groups excluding carboxylic acids is 1. The van der Waals surface area contributed by atoms with Crippen molar-refractivity contribution in [2.45, 2.75) is 18.8 Å². The van der Waals surface area contributed by atoms with Crippen molar-refractivity contribution in [3.05, 3.63) is 58.1 Å². The number of halogens is 1. The summed E-state index contributed by atoms with van der Waals surface area (Å²) in [6, 6.07) is 14.0. The predicted molar refractivity (Wildman–Crippen MR) is 101 cm³/mol. The molecule has 0 aromatic heterocycles. The van der Waals surface area contributed by atoms with Gasteiger partial charge in [0.15, 0.2) is 0 Å². The maximum absolute atomic E-state index is 12.3. The van der Waals surface area contributed by atoms with Crippen LogP contribution in [0, 0.1) is 5.92 Å². The van der Waals surface area contributed by atoms with Crippen LogP contribution in [0.4, 0.5) is 0 Å². The molecule has 1 amide bonds. The average molecular weight is 404 g/mol. The third-order valence-corrected chi connectivity index (χ3v) is 5.14. The topological polar surface area (TPSA) is 47.6 Å². The molecule has 0 heterocycles. The standard InChI is InChI=1S/C20H22BrNO3/c1-24-16-8-5-14(19(11-16)25-2)9-10-22-20(23)18-12-17(18)13-3-6-15(21)7-4-13/h3-8,11,17-18H,9-10,12H2,1-2H3,(H,22,23). The Bertz CT molecular complexity index is 745. The SMILES string of the molecule is COc1ccc(CCNC(=O)C2CC2c2ccc(Br)cc2)c(OC)c1. The van der Waals surface area contributed by atoms with Crippen molar-refractivity contribution < 1.29 is 14.3 Å². The molecule has 3 rings (SSSR count). The first kappa shape index (κ1) is 17.8. The molecule has 132 valence electrons. The molecule has 0 radical (unpaired) electrons. The Morgan fingerprint density at radius 2 is 1.92 bits per heavy atom. The molecule has 1 N–H and O–H groups in total. The fourth-order valence-corrected chi connectivity index (χ4v) is 3.34. The average Bonchev–Trinajstić information content (AvgIpc) is 3.43. The first-order chi connectivity index (χ1) is 12.1. The van der Waals surface area contributed by atoms with Crippen molar-refractivity contribution in [3.63, 3.8) is 0 Å². The summed E-state index contributed by atoms with van der Waals surface area (Å²) >= 11 is 3.44. The summed E-state index contributed by atoms with van der Waals surface area (Å²) in [6.45, 7) is 0.602. The third-order valence-electron chi connectivity index (χ3n) is 4.61. The molecule has 0 bridgehead atoms. The minimum atomic E-state index is 0.0962. The number of methoxy groups -OCH3 is 2. The monoisotopic (exact) mass is 403 g/mol. The van der Waals surface area contributed by atoms with Crippen molar-refractivity contribution in [1.29, 1.82) is 0 Å². The van der Waals surface area contributed by atoms with Gasteiger partial charge in [0, 0.05) is 23.0 Å². The zero-order chi connectivity index (χ0) is 17.8. The van der Waals surface area contributed by atoms with Gasteiger partial charge in [-0.15, -0.1) is 0 Å². The summed E-state index contributed by atoms with van der Waals surface area (Å²) in [5, 5.41) is 3.05. The van der Waals surface area contributed by atoms with Crippen LogP contribution in [-0.2, 0) is 11.2 Å². The first-order valence-electron chi connectivity index (χ1n) is 8.36. The number of nitrogens with one attached hydrogen (secondary N) is 1. The lowest BCUT2D eigenvalue weighted by molar-refractivity contribution is -0.122. The summed E-state index contributed by atoms with van der Waals surface area (Å²) in [5.41, 5.74) is 2.30. The number of benzene rings is 2. The van der Waals surface area contributed by atoms with Crippen LogP contribution in [0.1, 0.15) is 23.5 Å². The molecule has 0 aliphatic heterocycles. The first-order valence-corrected chi connectivity index (χ1v) is 9.15. The van der Waals surface area contributed by atoms with E-state index in [1.807, 2.05) is 30.3 Å². The Morgan fingerprint density at radius 3 is 2.60 bits per heavy atom. The second-order valence-corrected chi connectivity index (χ2v) is 7.13. The largest absolute Gasteiger partial charge is 0.497 e. The van der Waals surface area contributed by atoms with Crippen LogP contribution >= 0.6 is 15.9 Å². The fourth-order valence-electron chi connectivity index (χ4n) is 3.07. The van der Waals surface area contributed by atoms with E-state index >= 15 is 0 Å². The van der Waals surface area contributed by atoms with Gasteiger partial charge < -0.3 is 14.8 Å². The Morgan fingerprint density at radius 1 is 1.16 bits per heavy atom. The van der Waals surface area contributed by atoms with Gasteiger partial charge in [0.2, 0.25) is 5.91 Å². The molecule has 0 spiro atoms. The molecule has 1 aliphatic carbocycles. The minimum Gasteiger partial charge on any atom is -0.497 e. The van der Waals surface area contributed by atoms with Gasteiger partial charge in [0.1, 0.15) is 11.5 Å². The van der Waals surface area contributed by atoms with Crippen LogP contribution in [0.2, 0.25) is 0 Å². The van der Waals surface area contributed by atoms with E-state index in [1.54, 1.807) is 14.2 Å². The van der Waals surface area contributed by atoms with E-state index in [9.17, 15) is 4.79 Å². The van der Waals surface area contributed by atoms with E-state index in [0.29, 0.717) is 12.5 Å². The van der Waals surface area contributed by atoms with Crippen molar-refractivity contribution in [3.8, 4) is 11.5 Å². The number of ether oxygens (including phenoxy) is 2. The summed E-state index contributed by atoms with van der Waals surface area (Å²) in [6.07, 6.45) is 1.66. The number of hydrogen-bond donors (Lipinski definition) is 1. The van der Waals surface area contributed by atoms with E-state index in [4.69, 9.17) is 9.47 Å². The molecule has 5 heteroatoms. The van der Waals surface area contributed by atoms with Gasteiger partial charge in [-0.05, 0) is 48.1 Å². The van der Waals surface area contributed by atoms with E-state index in [0.717, 1.165) is 34.4 Å². The van der Waals surface area contributed by atoms with Crippen LogP contribution in [0.15, 0.2) is 46.9 Å². The van der Waals surface area contributed by atoms with Crippen molar-refractivity contribution in [1.82, 2.24) is 5.32 Å². The van der Waals surface area contributed by atoms with E-state index in [2.05, 4.69) is 33.4 Å². The predicted octanol–water partition coefficient (Wildman–Crippen LogP) is 3.93. The molecule has 25 heavy (non-hydrogen) atoms. The molecule has 2 aromatic carbocycles. The molecule has 2 atom stereocenters. The zero-order valence-corrected chi connectivity index (χ0v) is 16.0. The van der Waals surface area contributed by atoms with Gasteiger partial charge in [0.05, 0.1) is 14.2 Å². The zero-order valence-electron chi connectivity index (χ0n) is 14.4. The molecule has 2 aromatic rings. The third kappa shape index (κ3) is 4.34. The smallest absolute Gasteiger partial charge is 0.223 e. The summed E-state index contributed by atoms with van der Waals surface area (Å²) in [7, 11) is 3.27. The van der Waals surface area contributed by atoms with Crippen LogP contribution in [0.25, 0.3) is 0 Å². The summed E-state index contributed by atoms with van der Waals surface area (Å²) in [5.74, 6) is 2.13. The molecule has 2 unspecified atom stereocenters. The maximum atomic E-state index is 12.3. The van der Waals surface area contributed by atoms with E-state index in [1.165, 1.54) is 5.56 Å². The van der Waals surface area contributed by atoms with Crippen LogP contribution in [0.5, 0.6) is 11.5 Å². The normalized spacial score (nSPS) is 18.5. The number of hydrogen-bond acceptors (Lipinski definition) is 3. The Labute approximate surface area is 156 Å². The Balaban J connectivity index is 1.50. The Hall–Kier alpha value is -2.01. The molecule has 1 fully saturated rings. The van der Waals surface area contributed by atoms with E-state index < -0.39 is 0 Å². The highest BCUT2D eigenvalue weighted by atomic mass is 79.9. The molecular formula is C20H22BrNO3. The minimum absolute atomic E-state index is 0.0962. The summed E-state index contributed by atoms with van der Waals surface area (Å²) in [4.78, 5) is 12.3. The second kappa shape index (κ2) is 7.91. The van der Waals surface area contributed by atoms with Crippen LogP contribution < -0.4 is 14.8 Å². The highest BCUT2D eigenvalue weighted by Crippen LogP contribution is 2.47. The van der Waals surface area contributed by atoms with Gasteiger partial charge in [0.25, 0.3) is 0 Å². The lowest BCUT2D eigenvalue weighted by Crippen LogP contribution is -2.27. The highest BCUT2D eigenvalue weighted by Gasteiger charge is 2.43. The van der Waals surface area contributed by atoms with Gasteiger partial charge in [-0.3, -0.25) is 4.79 Å². The second-order valence-electron chi connectivity index (χ2n) is 6.22. The quantitative estimate of drug-likeness (QED) is 0.761. The van der Waals surface area contributed by atoms with Gasteiger partial charge >= 0.3 is 0 Å². The number of rotatable bonds is 7. The fraction of sp³-hybridized carbons (Fsp3) is 0.350. The van der Waals surface area contributed by atoms with Crippen molar-refractivity contribution in [2.24, 2.45) is 5.92 Å². The van der Waals surface area contributed by atoms with Crippen LogP contribution in [-0.4, -0.2) is 26.7 Å². The van der Waals surface area contributed by atoms with Gasteiger partial charge in [-0.25, -0.2) is 0 Å².